The molecule has 0 aromatic heterocycles. The van der Waals surface area contributed by atoms with E-state index in [1.807, 2.05) is 37.2 Å². The monoisotopic (exact) mass is 571 g/mol. The standard InChI is InChI=1S/C25H35F2N5.HI/c1-4-28-25(29-16-20-7-10-24(27)21(15-20)18-31(2)3)30-23-11-13-32(14-12-23)17-19-5-8-22(26)9-6-19;/h5-10,15,23H,4,11-14,16-18H2,1-3H3,(H2,28,29,30);1H. The second-order valence-electron chi connectivity index (χ2n) is 8.68. The van der Waals surface area contributed by atoms with Gasteiger partial charge in [-0.15, -0.1) is 24.0 Å². The molecule has 5 nitrogen and oxygen atoms in total. The maximum atomic E-state index is 14.0. The molecular formula is C25H36F2IN5. The van der Waals surface area contributed by atoms with Crippen LogP contribution in [0.1, 0.15) is 36.5 Å². The Kier molecular flexibility index (Phi) is 11.5. The van der Waals surface area contributed by atoms with Crippen LogP contribution < -0.4 is 10.6 Å². The fourth-order valence-corrected chi connectivity index (χ4v) is 3.96. The molecule has 182 valence electrons. The van der Waals surface area contributed by atoms with Crippen molar-refractivity contribution in [3.63, 3.8) is 0 Å². The molecule has 0 amide bonds. The molecule has 3 rings (SSSR count). The molecule has 1 aliphatic rings. The maximum Gasteiger partial charge on any atom is 0.191 e. The predicted octanol–water partition coefficient (Wildman–Crippen LogP) is 4.36. The zero-order valence-corrected chi connectivity index (χ0v) is 22.1. The maximum absolute atomic E-state index is 14.0. The number of hydrogen-bond acceptors (Lipinski definition) is 3. The van der Waals surface area contributed by atoms with Gasteiger partial charge in [-0.3, -0.25) is 4.90 Å². The lowest BCUT2D eigenvalue weighted by Gasteiger charge is -2.33. The first kappa shape index (κ1) is 27.5. The van der Waals surface area contributed by atoms with Crippen molar-refractivity contribution in [1.82, 2.24) is 20.4 Å². The minimum Gasteiger partial charge on any atom is -0.357 e. The summed E-state index contributed by atoms with van der Waals surface area (Å²) in [6.45, 7) is 6.72. The third-order valence-electron chi connectivity index (χ3n) is 5.61. The van der Waals surface area contributed by atoms with E-state index in [4.69, 9.17) is 4.99 Å². The summed E-state index contributed by atoms with van der Waals surface area (Å²) in [7, 11) is 3.87. The van der Waals surface area contributed by atoms with Crippen LogP contribution in [0.15, 0.2) is 47.5 Å². The van der Waals surface area contributed by atoms with Crippen molar-refractivity contribution >= 4 is 29.9 Å². The number of halogens is 3. The van der Waals surface area contributed by atoms with Crippen molar-refractivity contribution in [2.75, 3.05) is 33.7 Å². The highest BCUT2D eigenvalue weighted by molar-refractivity contribution is 14.0. The van der Waals surface area contributed by atoms with Gasteiger partial charge in [-0.05, 0) is 69.3 Å². The van der Waals surface area contributed by atoms with Gasteiger partial charge in [-0.2, -0.15) is 0 Å². The summed E-state index contributed by atoms with van der Waals surface area (Å²) in [6.07, 6.45) is 2.05. The average molecular weight is 571 g/mol. The van der Waals surface area contributed by atoms with Crippen molar-refractivity contribution in [3.8, 4) is 0 Å². The number of rotatable bonds is 8. The normalized spacial score (nSPS) is 15.4. The predicted molar refractivity (Wildman–Crippen MR) is 142 cm³/mol. The molecule has 0 bridgehead atoms. The van der Waals surface area contributed by atoms with Gasteiger partial charge >= 0.3 is 0 Å². The fourth-order valence-electron chi connectivity index (χ4n) is 3.96. The third-order valence-corrected chi connectivity index (χ3v) is 5.61. The van der Waals surface area contributed by atoms with E-state index in [0.29, 0.717) is 24.7 Å². The molecule has 1 saturated heterocycles. The van der Waals surface area contributed by atoms with Gasteiger partial charge in [0.2, 0.25) is 0 Å². The van der Waals surface area contributed by atoms with E-state index < -0.39 is 0 Å². The third kappa shape index (κ3) is 9.17. The molecular weight excluding hydrogens is 535 g/mol. The summed E-state index contributed by atoms with van der Waals surface area (Å²) in [5, 5.41) is 6.88. The number of piperidine rings is 1. The molecule has 2 aromatic carbocycles. The van der Waals surface area contributed by atoms with E-state index in [1.54, 1.807) is 6.07 Å². The topological polar surface area (TPSA) is 42.9 Å². The quantitative estimate of drug-likeness (QED) is 0.281. The first-order valence-corrected chi connectivity index (χ1v) is 11.4. The zero-order chi connectivity index (χ0) is 22.9. The molecule has 1 fully saturated rings. The van der Waals surface area contributed by atoms with Gasteiger partial charge in [0, 0.05) is 44.3 Å². The summed E-state index contributed by atoms with van der Waals surface area (Å²) in [5.74, 6) is 0.424. The van der Waals surface area contributed by atoms with Crippen molar-refractivity contribution in [2.24, 2.45) is 4.99 Å². The lowest BCUT2D eigenvalue weighted by atomic mass is 10.0. The molecule has 2 aromatic rings. The number of nitrogens with one attached hydrogen (secondary N) is 2. The van der Waals surface area contributed by atoms with Crippen LogP contribution in [0.2, 0.25) is 0 Å². The smallest absolute Gasteiger partial charge is 0.191 e. The van der Waals surface area contributed by atoms with E-state index in [2.05, 4.69) is 22.5 Å². The minimum atomic E-state index is -0.193. The molecule has 0 atom stereocenters. The summed E-state index contributed by atoms with van der Waals surface area (Å²) in [6, 6.07) is 12.3. The molecule has 1 heterocycles. The van der Waals surface area contributed by atoms with Gasteiger partial charge in [0.1, 0.15) is 11.6 Å². The van der Waals surface area contributed by atoms with E-state index in [9.17, 15) is 8.78 Å². The average Bonchev–Trinajstić information content (AvgIpc) is 2.77. The Morgan fingerprint density at radius 2 is 1.73 bits per heavy atom. The summed E-state index contributed by atoms with van der Waals surface area (Å²) in [5.41, 5.74) is 2.82. The number of benzene rings is 2. The molecule has 0 spiro atoms. The molecule has 0 aliphatic carbocycles. The molecule has 8 heteroatoms. The Balaban J connectivity index is 0.00000385. The molecule has 0 radical (unpaired) electrons. The van der Waals surface area contributed by atoms with E-state index in [0.717, 1.165) is 56.1 Å². The van der Waals surface area contributed by atoms with Crippen molar-refractivity contribution < 1.29 is 8.78 Å². The van der Waals surface area contributed by atoms with Gasteiger partial charge < -0.3 is 15.5 Å². The van der Waals surface area contributed by atoms with Crippen LogP contribution in [0.25, 0.3) is 0 Å². The molecule has 0 unspecified atom stereocenters. The molecule has 2 N–H and O–H groups in total. The molecule has 33 heavy (non-hydrogen) atoms. The largest absolute Gasteiger partial charge is 0.357 e. The SMILES string of the molecule is CCNC(=NCc1ccc(F)c(CN(C)C)c1)NC1CCN(Cc2ccc(F)cc2)CC1.I. The highest BCUT2D eigenvalue weighted by Gasteiger charge is 2.20. The summed E-state index contributed by atoms with van der Waals surface area (Å²) >= 11 is 0. The second-order valence-corrected chi connectivity index (χ2v) is 8.68. The zero-order valence-electron chi connectivity index (χ0n) is 19.8. The number of aliphatic imine (C=N–C) groups is 1. The van der Waals surface area contributed by atoms with Crippen molar-refractivity contribution in [1.29, 1.82) is 0 Å². The Morgan fingerprint density at radius 1 is 1.06 bits per heavy atom. The van der Waals surface area contributed by atoms with Crippen LogP contribution >= 0.6 is 24.0 Å². The van der Waals surface area contributed by atoms with Crippen LogP contribution in [-0.2, 0) is 19.6 Å². The lowest BCUT2D eigenvalue weighted by molar-refractivity contribution is 0.198. The van der Waals surface area contributed by atoms with Crippen molar-refractivity contribution in [2.45, 2.75) is 45.4 Å². The highest BCUT2D eigenvalue weighted by atomic mass is 127. The Labute approximate surface area is 213 Å². The van der Waals surface area contributed by atoms with E-state index in [-0.39, 0.29) is 35.6 Å². The number of guanidine groups is 1. The second kappa shape index (κ2) is 13.8. The van der Waals surface area contributed by atoms with Crippen molar-refractivity contribution in [3.05, 3.63) is 70.8 Å². The lowest BCUT2D eigenvalue weighted by Crippen LogP contribution is -2.48. The minimum absolute atomic E-state index is 0. The molecule has 0 saturated carbocycles. The first-order valence-electron chi connectivity index (χ1n) is 11.4. The van der Waals surface area contributed by atoms with Gasteiger partial charge in [-0.1, -0.05) is 18.2 Å². The van der Waals surface area contributed by atoms with Gasteiger partial charge in [0.05, 0.1) is 6.54 Å². The van der Waals surface area contributed by atoms with Crippen LogP contribution in [0.3, 0.4) is 0 Å². The summed E-state index contributed by atoms with van der Waals surface area (Å²) in [4.78, 5) is 9.09. The number of likely N-dealkylation sites (tertiary alicyclic amines) is 1. The summed E-state index contributed by atoms with van der Waals surface area (Å²) < 4.78 is 27.1. The van der Waals surface area contributed by atoms with Gasteiger partial charge in [0.15, 0.2) is 5.96 Å². The number of hydrogen-bond donors (Lipinski definition) is 2. The number of nitrogens with zero attached hydrogens (tertiary/aromatic N) is 3. The van der Waals surface area contributed by atoms with E-state index in [1.165, 1.54) is 18.2 Å². The van der Waals surface area contributed by atoms with Crippen LogP contribution in [-0.4, -0.2) is 55.5 Å². The highest BCUT2D eigenvalue weighted by Crippen LogP contribution is 2.15. The van der Waals surface area contributed by atoms with Crippen LogP contribution in [0, 0.1) is 11.6 Å². The Hall–Kier alpha value is -1.78. The Bertz CT molecular complexity index is 881. The molecule has 1 aliphatic heterocycles. The van der Waals surface area contributed by atoms with Gasteiger partial charge in [-0.25, -0.2) is 13.8 Å². The Morgan fingerprint density at radius 3 is 2.36 bits per heavy atom. The van der Waals surface area contributed by atoms with Crippen LogP contribution in [0.5, 0.6) is 0 Å². The first-order chi connectivity index (χ1) is 15.4. The van der Waals surface area contributed by atoms with E-state index >= 15 is 0 Å². The van der Waals surface area contributed by atoms with Gasteiger partial charge in [0.25, 0.3) is 0 Å². The fraction of sp³-hybridized carbons (Fsp3) is 0.480. The van der Waals surface area contributed by atoms with Crippen LogP contribution in [0.4, 0.5) is 8.78 Å².